The van der Waals surface area contributed by atoms with Gasteiger partial charge in [0.2, 0.25) is 23.6 Å². The number of hydrogen-bond acceptors (Lipinski definition) is 11. The minimum atomic E-state index is -1.49. The molecule has 3 aliphatic carbocycles. The van der Waals surface area contributed by atoms with Crippen LogP contribution in [0.4, 0.5) is 5.69 Å². The molecule has 2 bridgehead atoms. The first-order valence-corrected chi connectivity index (χ1v) is 23.3. The van der Waals surface area contributed by atoms with Crippen molar-refractivity contribution in [2.24, 2.45) is 28.7 Å². The number of aliphatic hydroxyl groups excluding tert-OH is 1. The summed E-state index contributed by atoms with van der Waals surface area (Å²) >= 11 is 0. The molecule has 5 amide bonds. The van der Waals surface area contributed by atoms with E-state index in [0.717, 1.165) is 43.4 Å². The molecule has 1 saturated heterocycles. The first kappa shape index (κ1) is 50.5. The molecule has 10 atom stereocenters. The number of amides is 5. The Hall–Kier alpha value is -4.55. The third-order valence-corrected chi connectivity index (χ3v) is 13.7. The van der Waals surface area contributed by atoms with Crippen molar-refractivity contribution in [2.75, 3.05) is 18.4 Å². The molecule has 17 heteroatoms. The number of hydrogen-bond donors (Lipinski definition) is 9. The summed E-state index contributed by atoms with van der Waals surface area (Å²) < 4.78 is 12.9. The van der Waals surface area contributed by atoms with Crippen molar-refractivity contribution in [2.45, 2.75) is 161 Å². The molecule has 4 fully saturated rings. The van der Waals surface area contributed by atoms with Crippen LogP contribution in [-0.4, -0.2) is 103 Å². The zero-order valence-corrected chi connectivity index (χ0v) is 38.8. The Balaban J connectivity index is 1.12. The SMILES string of the molecule is CCCCc1ccc(NCc2ccc(C(=O)N[C@@H](CCN)C(=O)N[C@H](C(=O)N[C@@H](C)C(=O)N[C@@H](CCCCN)C(=O)N[C@@H](C)B3OC4C[C@@H]5C[C@@H](C5(C)C)[C@]4(C)O3)[C@@H](C)O)cc2)cc1. The molecule has 2 aromatic carbocycles. The van der Waals surface area contributed by atoms with Gasteiger partial charge in [0.25, 0.3) is 5.91 Å². The number of nitrogens with one attached hydrogen (secondary N) is 6. The van der Waals surface area contributed by atoms with Gasteiger partial charge in [-0.15, -0.1) is 0 Å². The van der Waals surface area contributed by atoms with Crippen molar-refractivity contribution in [1.82, 2.24) is 26.6 Å². The van der Waals surface area contributed by atoms with Crippen LogP contribution in [0.1, 0.15) is 121 Å². The van der Waals surface area contributed by atoms with Crippen LogP contribution >= 0.6 is 0 Å². The number of carbonyl (C=O) groups excluding carboxylic acids is 5. The van der Waals surface area contributed by atoms with E-state index in [1.807, 2.05) is 19.1 Å². The summed E-state index contributed by atoms with van der Waals surface area (Å²) in [5, 5.41) is 27.5. The van der Waals surface area contributed by atoms with Crippen LogP contribution in [-0.2, 0) is 41.5 Å². The van der Waals surface area contributed by atoms with E-state index in [1.54, 1.807) is 12.1 Å². The van der Waals surface area contributed by atoms with Crippen molar-refractivity contribution < 1.29 is 38.4 Å². The second-order valence-electron chi connectivity index (χ2n) is 18.9. The quantitative estimate of drug-likeness (QED) is 0.0548. The first-order valence-electron chi connectivity index (χ1n) is 23.3. The summed E-state index contributed by atoms with van der Waals surface area (Å²) in [6, 6.07) is 10.6. The zero-order chi connectivity index (χ0) is 46.8. The fraction of sp³-hybridized carbons (Fsp3) is 0.638. The largest absolute Gasteiger partial charge is 0.481 e. The monoisotopic (exact) mass is 889 g/mol. The van der Waals surface area contributed by atoms with Gasteiger partial charge < -0.3 is 57.8 Å². The summed E-state index contributed by atoms with van der Waals surface area (Å²) in [7, 11) is -0.651. The summed E-state index contributed by atoms with van der Waals surface area (Å²) in [5.41, 5.74) is 14.8. The van der Waals surface area contributed by atoms with Gasteiger partial charge in [0.05, 0.1) is 23.8 Å². The highest BCUT2D eigenvalue weighted by molar-refractivity contribution is 6.47. The van der Waals surface area contributed by atoms with E-state index in [4.69, 9.17) is 20.8 Å². The van der Waals surface area contributed by atoms with E-state index in [-0.39, 0.29) is 24.5 Å². The molecule has 1 heterocycles. The lowest BCUT2D eigenvalue weighted by atomic mass is 9.43. The number of unbranched alkanes of at least 4 members (excludes halogenated alkanes) is 2. The third kappa shape index (κ3) is 12.4. The van der Waals surface area contributed by atoms with Crippen LogP contribution in [0.15, 0.2) is 48.5 Å². The molecule has 6 rings (SSSR count). The third-order valence-electron chi connectivity index (χ3n) is 13.7. The summed E-state index contributed by atoms with van der Waals surface area (Å²) in [6.45, 7) is 14.4. The fourth-order valence-electron chi connectivity index (χ4n) is 9.42. The first-order chi connectivity index (χ1) is 30.4. The van der Waals surface area contributed by atoms with Gasteiger partial charge in [0.15, 0.2) is 0 Å². The zero-order valence-electron chi connectivity index (χ0n) is 38.8. The Morgan fingerprint density at radius 2 is 1.42 bits per heavy atom. The van der Waals surface area contributed by atoms with Crippen molar-refractivity contribution in [3.63, 3.8) is 0 Å². The maximum atomic E-state index is 13.7. The Bertz CT molecular complexity index is 1900. The van der Waals surface area contributed by atoms with Crippen molar-refractivity contribution >= 4 is 42.3 Å². The van der Waals surface area contributed by atoms with E-state index in [9.17, 15) is 29.1 Å². The Labute approximate surface area is 379 Å². The number of aryl methyl sites for hydroxylation is 1. The second kappa shape index (κ2) is 22.6. The predicted octanol–water partition coefficient (Wildman–Crippen LogP) is 2.84. The van der Waals surface area contributed by atoms with Crippen molar-refractivity contribution in [1.29, 1.82) is 0 Å². The van der Waals surface area contributed by atoms with Gasteiger partial charge in [-0.3, -0.25) is 24.0 Å². The Morgan fingerprint density at radius 1 is 0.766 bits per heavy atom. The Kier molecular flexibility index (Phi) is 17.8. The number of benzene rings is 2. The topological polar surface area (TPSA) is 248 Å². The lowest BCUT2D eigenvalue weighted by molar-refractivity contribution is -0.199. The van der Waals surface area contributed by atoms with Crippen LogP contribution < -0.4 is 43.4 Å². The summed E-state index contributed by atoms with van der Waals surface area (Å²) in [6.07, 6.45) is 5.47. The minimum absolute atomic E-state index is 0.0456. The van der Waals surface area contributed by atoms with E-state index in [1.165, 1.54) is 19.4 Å². The van der Waals surface area contributed by atoms with E-state index in [2.05, 4.69) is 83.9 Å². The van der Waals surface area contributed by atoms with E-state index in [0.29, 0.717) is 49.8 Å². The molecule has 0 aromatic heterocycles. The summed E-state index contributed by atoms with van der Waals surface area (Å²) in [5.74, 6) is -2.76. The highest BCUT2D eigenvalue weighted by atomic mass is 16.7. The van der Waals surface area contributed by atoms with E-state index >= 15 is 0 Å². The van der Waals surface area contributed by atoms with Gasteiger partial charge in [-0.1, -0.05) is 51.5 Å². The molecular weight excluding hydrogens is 815 g/mol. The molecule has 11 N–H and O–H groups in total. The molecule has 1 unspecified atom stereocenters. The molecule has 2 aromatic rings. The molecule has 3 saturated carbocycles. The highest BCUT2D eigenvalue weighted by Crippen LogP contribution is 2.65. The normalized spacial score (nSPS) is 23.5. The van der Waals surface area contributed by atoms with Gasteiger partial charge in [-0.25, -0.2) is 0 Å². The standard InChI is InChI=1S/C47H73BN8O8/c1-8-9-12-31-16-20-35(21-17-31)51-27-32-14-18-33(19-15-32)42(59)55-37(22-24-50)44(61)56-40(29(3)57)45(62)52-28(2)41(58)54-36(13-10-11-23-49)43(60)53-30(4)48-63-39-26-34-25-38(46(34,5)6)47(39,7)64-48/h14-21,28-30,34,36-40,51,57H,8-13,22-27,49-50H2,1-7H3,(H,52,62)(H,53,60)(H,54,58)(H,55,59)(H,56,61)/t28-,29+,30-,34-,36-,37-,38-,39?,40-,47-/m0/s1. The lowest BCUT2D eigenvalue weighted by Gasteiger charge is -2.64. The summed E-state index contributed by atoms with van der Waals surface area (Å²) in [4.78, 5) is 67.5. The molecule has 4 aliphatic rings. The Morgan fingerprint density at radius 3 is 2.05 bits per heavy atom. The van der Waals surface area contributed by atoms with Gasteiger partial charge in [-0.2, -0.15) is 0 Å². The fourth-order valence-corrected chi connectivity index (χ4v) is 9.42. The number of carbonyl (C=O) groups is 5. The van der Waals surface area contributed by atoms with Gasteiger partial charge in [0, 0.05) is 17.8 Å². The predicted molar refractivity (Wildman–Crippen MR) is 248 cm³/mol. The van der Waals surface area contributed by atoms with Crippen LogP contribution in [0.3, 0.4) is 0 Å². The minimum Gasteiger partial charge on any atom is -0.404 e. The molecule has 1 aliphatic heterocycles. The number of aliphatic hydroxyl groups is 1. The van der Waals surface area contributed by atoms with Gasteiger partial charge in [-0.05, 0) is 145 Å². The smallest absolute Gasteiger partial charge is 0.404 e. The maximum Gasteiger partial charge on any atom is 0.481 e. The van der Waals surface area contributed by atoms with Crippen LogP contribution in [0.25, 0.3) is 0 Å². The molecule has 352 valence electrons. The van der Waals surface area contributed by atoms with Crippen molar-refractivity contribution in [3.8, 4) is 0 Å². The van der Waals surface area contributed by atoms with Crippen LogP contribution in [0.5, 0.6) is 0 Å². The molecule has 0 radical (unpaired) electrons. The molecule has 16 nitrogen and oxygen atoms in total. The number of rotatable bonds is 24. The number of nitrogens with two attached hydrogens (primary N) is 2. The lowest BCUT2D eigenvalue weighted by Crippen LogP contribution is -2.65. The molecule has 64 heavy (non-hydrogen) atoms. The van der Waals surface area contributed by atoms with Crippen molar-refractivity contribution in [3.05, 3.63) is 65.2 Å². The maximum absolute atomic E-state index is 13.7. The average molecular weight is 889 g/mol. The highest BCUT2D eigenvalue weighted by Gasteiger charge is 2.68. The molecular formula is C47H73BN8O8. The second-order valence-corrected chi connectivity index (χ2v) is 18.9. The van der Waals surface area contributed by atoms with Gasteiger partial charge in [0.1, 0.15) is 24.2 Å². The average Bonchev–Trinajstić information content (AvgIpc) is 3.64. The molecule has 0 spiro atoms. The van der Waals surface area contributed by atoms with Gasteiger partial charge >= 0.3 is 7.12 Å². The number of anilines is 1. The van der Waals surface area contributed by atoms with Crippen LogP contribution in [0, 0.1) is 17.3 Å². The van der Waals surface area contributed by atoms with Crippen LogP contribution in [0.2, 0.25) is 0 Å². The van der Waals surface area contributed by atoms with E-state index < -0.39 is 78.5 Å².